The Kier molecular flexibility index (Phi) is 4.14. The molecule has 2 N–H and O–H groups in total. The first kappa shape index (κ1) is 13.8. The zero-order chi connectivity index (χ0) is 14.5. The molecule has 2 aromatic heterocycles. The maximum absolute atomic E-state index is 10.9. The van der Waals surface area contributed by atoms with Crippen LogP contribution < -0.4 is 10.6 Å². The van der Waals surface area contributed by atoms with Gasteiger partial charge in [0, 0.05) is 25.5 Å². The highest BCUT2D eigenvalue weighted by Gasteiger charge is 2.12. The van der Waals surface area contributed by atoms with Gasteiger partial charge < -0.3 is 10.6 Å². The van der Waals surface area contributed by atoms with Gasteiger partial charge in [-0.15, -0.1) is 0 Å². The number of aromatic nitrogens is 3. The lowest BCUT2D eigenvalue weighted by Gasteiger charge is -2.15. The third-order valence-electron chi connectivity index (χ3n) is 2.69. The summed E-state index contributed by atoms with van der Waals surface area (Å²) in [5.41, 5.74) is -0.00172. The van der Waals surface area contributed by atoms with E-state index in [0.717, 1.165) is 0 Å². The Bertz CT molecular complexity index is 584. The lowest BCUT2D eigenvalue weighted by atomic mass is 10.3. The first-order valence-electron chi connectivity index (χ1n) is 6.16. The van der Waals surface area contributed by atoms with Gasteiger partial charge in [0.05, 0.1) is 23.6 Å². The van der Waals surface area contributed by atoms with Crippen molar-refractivity contribution in [3.05, 3.63) is 40.7 Å². The number of pyridine rings is 1. The minimum absolute atomic E-state index is 0.00172. The second-order valence-electron chi connectivity index (χ2n) is 4.38. The quantitative estimate of drug-likeness (QED) is 0.616. The minimum atomic E-state index is -0.439. The fourth-order valence-electron chi connectivity index (χ4n) is 1.81. The van der Waals surface area contributed by atoms with E-state index >= 15 is 0 Å². The number of anilines is 2. The monoisotopic (exact) mass is 276 g/mol. The topological polar surface area (TPSA) is 97.9 Å². The molecule has 0 saturated carbocycles. The predicted octanol–water partition coefficient (Wildman–Crippen LogP) is 1.73. The van der Waals surface area contributed by atoms with E-state index < -0.39 is 4.92 Å². The van der Waals surface area contributed by atoms with Crippen molar-refractivity contribution < 1.29 is 4.92 Å². The molecule has 0 amide bonds. The largest absolute Gasteiger partial charge is 0.373 e. The van der Waals surface area contributed by atoms with E-state index in [1.165, 1.54) is 12.1 Å². The van der Waals surface area contributed by atoms with Gasteiger partial charge in [-0.05, 0) is 13.0 Å². The van der Waals surface area contributed by atoms with Gasteiger partial charge in [-0.1, -0.05) is 0 Å². The average molecular weight is 276 g/mol. The highest BCUT2D eigenvalue weighted by molar-refractivity contribution is 5.54. The Morgan fingerprint density at radius 3 is 2.80 bits per heavy atom. The zero-order valence-corrected chi connectivity index (χ0v) is 11.3. The van der Waals surface area contributed by atoms with Crippen molar-refractivity contribution in [1.29, 1.82) is 0 Å². The molecule has 0 aromatic carbocycles. The summed E-state index contributed by atoms with van der Waals surface area (Å²) < 4.78 is 1.79. The molecular weight excluding hydrogens is 260 g/mol. The number of rotatable bonds is 6. The predicted molar refractivity (Wildman–Crippen MR) is 75.7 cm³/mol. The molecule has 2 aromatic rings. The molecule has 0 bridgehead atoms. The molecule has 8 nitrogen and oxygen atoms in total. The highest BCUT2D eigenvalue weighted by Crippen LogP contribution is 2.20. The van der Waals surface area contributed by atoms with E-state index in [9.17, 15) is 10.1 Å². The molecule has 106 valence electrons. The second-order valence-corrected chi connectivity index (χ2v) is 4.38. The summed E-state index contributed by atoms with van der Waals surface area (Å²) in [6, 6.07) is 4.69. The molecule has 1 unspecified atom stereocenters. The van der Waals surface area contributed by atoms with Gasteiger partial charge in [0.1, 0.15) is 11.6 Å². The number of nitrogens with zero attached hydrogens (tertiary/aromatic N) is 4. The van der Waals surface area contributed by atoms with Crippen molar-refractivity contribution >= 4 is 17.3 Å². The van der Waals surface area contributed by atoms with E-state index in [4.69, 9.17) is 0 Å². The maximum atomic E-state index is 10.9. The van der Waals surface area contributed by atoms with Crippen LogP contribution in [0.25, 0.3) is 0 Å². The lowest BCUT2D eigenvalue weighted by molar-refractivity contribution is -0.384. The molecule has 2 rings (SSSR count). The van der Waals surface area contributed by atoms with Crippen LogP contribution in [0.4, 0.5) is 17.3 Å². The molecule has 1 atom stereocenters. The van der Waals surface area contributed by atoms with E-state index in [0.29, 0.717) is 18.2 Å². The SMILES string of the molecule is CNc1cc([N+](=O)[O-])cc(NC(C)Cn2cccn2)n1. The smallest absolute Gasteiger partial charge is 0.276 e. The molecule has 20 heavy (non-hydrogen) atoms. The van der Waals surface area contributed by atoms with Gasteiger partial charge in [0.2, 0.25) is 0 Å². The van der Waals surface area contributed by atoms with Crippen LogP contribution in [-0.4, -0.2) is 32.8 Å². The Morgan fingerprint density at radius 1 is 1.45 bits per heavy atom. The normalized spacial score (nSPS) is 11.9. The number of nitro groups is 1. The Labute approximate surface area is 116 Å². The van der Waals surface area contributed by atoms with Crippen LogP contribution in [0.15, 0.2) is 30.6 Å². The fraction of sp³-hybridized carbons (Fsp3) is 0.333. The van der Waals surface area contributed by atoms with E-state index in [-0.39, 0.29) is 11.7 Å². The van der Waals surface area contributed by atoms with E-state index in [2.05, 4.69) is 20.7 Å². The third-order valence-corrected chi connectivity index (χ3v) is 2.69. The lowest BCUT2D eigenvalue weighted by Crippen LogP contribution is -2.23. The minimum Gasteiger partial charge on any atom is -0.373 e. The number of hydrogen-bond donors (Lipinski definition) is 2. The summed E-state index contributed by atoms with van der Waals surface area (Å²) in [6.07, 6.45) is 3.56. The first-order chi connectivity index (χ1) is 9.58. The van der Waals surface area contributed by atoms with E-state index in [1.807, 2.05) is 19.2 Å². The summed E-state index contributed by atoms with van der Waals surface area (Å²) in [4.78, 5) is 14.7. The molecule has 0 fully saturated rings. The van der Waals surface area contributed by atoms with Gasteiger partial charge in [-0.25, -0.2) is 4.98 Å². The molecule has 0 radical (unpaired) electrons. The van der Waals surface area contributed by atoms with Crippen molar-refractivity contribution in [3.63, 3.8) is 0 Å². The second kappa shape index (κ2) is 6.00. The molecule has 0 aliphatic heterocycles. The van der Waals surface area contributed by atoms with Crippen LogP contribution >= 0.6 is 0 Å². The maximum Gasteiger partial charge on any atom is 0.276 e. The third kappa shape index (κ3) is 3.44. The Balaban J connectivity index is 2.11. The summed E-state index contributed by atoms with van der Waals surface area (Å²) >= 11 is 0. The van der Waals surface area contributed by atoms with Crippen LogP contribution in [0.1, 0.15) is 6.92 Å². The van der Waals surface area contributed by atoms with Crippen molar-refractivity contribution in [1.82, 2.24) is 14.8 Å². The Hall–Kier alpha value is -2.64. The molecule has 0 aliphatic carbocycles. The highest BCUT2D eigenvalue weighted by atomic mass is 16.6. The summed E-state index contributed by atoms with van der Waals surface area (Å²) in [5.74, 6) is 0.913. The van der Waals surface area contributed by atoms with Gasteiger partial charge in [0.25, 0.3) is 5.69 Å². The molecule has 0 spiro atoms. The van der Waals surface area contributed by atoms with Crippen molar-refractivity contribution in [2.45, 2.75) is 19.5 Å². The molecule has 0 saturated heterocycles. The van der Waals surface area contributed by atoms with Crippen LogP contribution in [0, 0.1) is 10.1 Å². The van der Waals surface area contributed by atoms with Gasteiger partial charge in [0.15, 0.2) is 0 Å². The summed E-state index contributed by atoms with van der Waals surface area (Å²) in [5, 5.41) is 20.9. The van der Waals surface area contributed by atoms with E-state index in [1.54, 1.807) is 17.9 Å². The number of hydrogen-bond acceptors (Lipinski definition) is 6. The molecule has 0 aliphatic rings. The van der Waals surface area contributed by atoms with Crippen LogP contribution in [-0.2, 0) is 6.54 Å². The van der Waals surface area contributed by atoms with Crippen LogP contribution in [0.3, 0.4) is 0 Å². The van der Waals surface area contributed by atoms with Gasteiger partial charge >= 0.3 is 0 Å². The van der Waals surface area contributed by atoms with Gasteiger partial charge in [-0.3, -0.25) is 14.8 Å². The van der Waals surface area contributed by atoms with Crippen molar-refractivity contribution in [2.24, 2.45) is 0 Å². The molecular formula is C12H16N6O2. The van der Waals surface area contributed by atoms with Crippen molar-refractivity contribution in [2.75, 3.05) is 17.7 Å². The van der Waals surface area contributed by atoms with Crippen LogP contribution in [0.2, 0.25) is 0 Å². The summed E-state index contributed by atoms with van der Waals surface area (Å²) in [7, 11) is 1.67. The van der Waals surface area contributed by atoms with Crippen molar-refractivity contribution in [3.8, 4) is 0 Å². The zero-order valence-electron chi connectivity index (χ0n) is 11.3. The standard InChI is InChI=1S/C12H16N6O2/c1-9(8-17-5-3-4-14-17)15-12-7-10(18(19)20)6-11(13-2)16-12/h3-7,9H,8H2,1-2H3,(H2,13,15,16). The average Bonchev–Trinajstić information content (AvgIpc) is 2.90. The fourth-order valence-corrected chi connectivity index (χ4v) is 1.81. The molecule has 2 heterocycles. The number of nitrogens with one attached hydrogen (secondary N) is 2. The van der Waals surface area contributed by atoms with Gasteiger partial charge in [-0.2, -0.15) is 5.10 Å². The summed E-state index contributed by atoms with van der Waals surface area (Å²) in [6.45, 7) is 2.60. The Morgan fingerprint density at radius 2 is 2.20 bits per heavy atom. The first-order valence-corrected chi connectivity index (χ1v) is 6.16. The molecule has 8 heteroatoms. The van der Waals surface area contributed by atoms with Crippen LogP contribution in [0.5, 0.6) is 0 Å².